The molecule has 1 atom stereocenters. The maximum Gasteiger partial charge on any atom is 0.337 e. The fraction of sp³-hybridized carbons (Fsp3) is 0.250. The van der Waals surface area contributed by atoms with E-state index in [2.05, 4.69) is 15.5 Å². The van der Waals surface area contributed by atoms with Gasteiger partial charge in [0.25, 0.3) is 0 Å². The normalized spacial score (nSPS) is 12.3. The number of tetrazole rings is 1. The average Bonchev–Trinajstić information content (AvgIpc) is 3.11. The number of carboxylic acid groups (broad SMARTS) is 1. The van der Waals surface area contributed by atoms with Gasteiger partial charge in [0.05, 0.1) is 11.6 Å². The highest BCUT2D eigenvalue weighted by molar-refractivity contribution is 5.91. The van der Waals surface area contributed by atoms with E-state index in [4.69, 9.17) is 0 Å². The van der Waals surface area contributed by atoms with Gasteiger partial charge in [-0.1, -0.05) is 30.3 Å². The standard InChI is InChI=1S/C16H17N5O2/c1-10-13(16(22)23)9-14(12-7-5-4-6-8-12)21(10)11(2)15-17-18-19-20(15)3/h4-9,11H,1-3H3,(H,22,23). The van der Waals surface area contributed by atoms with Crippen LogP contribution in [0.4, 0.5) is 0 Å². The molecule has 0 bridgehead atoms. The van der Waals surface area contributed by atoms with Crippen molar-refractivity contribution in [3.63, 3.8) is 0 Å². The first-order valence-electron chi connectivity index (χ1n) is 7.23. The molecule has 23 heavy (non-hydrogen) atoms. The first-order valence-corrected chi connectivity index (χ1v) is 7.23. The van der Waals surface area contributed by atoms with Gasteiger partial charge in [0.2, 0.25) is 0 Å². The molecule has 0 aliphatic rings. The van der Waals surface area contributed by atoms with Gasteiger partial charge < -0.3 is 9.67 Å². The number of hydrogen-bond acceptors (Lipinski definition) is 4. The molecule has 0 fully saturated rings. The third-order valence-corrected chi connectivity index (χ3v) is 4.01. The number of benzene rings is 1. The lowest BCUT2D eigenvalue weighted by atomic mass is 10.1. The van der Waals surface area contributed by atoms with Crippen LogP contribution in [0.2, 0.25) is 0 Å². The Bertz CT molecular complexity index is 851. The Balaban J connectivity index is 2.22. The fourth-order valence-corrected chi connectivity index (χ4v) is 2.87. The van der Waals surface area contributed by atoms with E-state index in [-0.39, 0.29) is 11.6 Å². The van der Waals surface area contributed by atoms with E-state index in [1.54, 1.807) is 24.7 Å². The summed E-state index contributed by atoms with van der Waals surface area (Å²) in [5, 5.41) is 21.1. The Labute approximate surface area is 133 Å². The Morgan fingerprint density at radius 1 is 1.26 bits per heavy atom. The van der Waals surface area contributed by atoms with E-state index in [0.717, 1.165) is 11.3 Å². The molecule has 1 unspecified atom stereocenters. The van der Waals surface area contributed by atoms with Crippen LogP contribution in [-0.4, -0.2) is 35.9 Å². The molecule has 7 nitrogen and oxygen atoms in total. The lowest BCUT2D eigenvalue weighted by molar-refractivity contribution is 0.0696. The van der Waals surface area contributed by atoms with Crippen LogP contribution >= 0.6 is 0 Å². The maximum absolute atomic E-state index is 11.5. The van der Waals surface area contributed by atoms with Gasteiger partial charge in [-0.25, -0.2) is 9.48 Å². The van der Waals surface area contributed by atoms with E-state index in [9.17, 15) is 9.90 Å². The highest BCUT2D eigenvalue weighted by Crippen LogP contribution is 2.31. The van der Waals surface area contributed by atoms with Crippen LogP contribution < -0.4 is 0 Å². The second kappa shape index (κ2) is 5.68. The van der Waals surface area contributed by atoms with Crippen molar-refractivity contribution in [2.45, 2.75) is 19.9 Å². The second-order valence-corrected chi connectivity index (χ2v) is 5.41. The van der Waals surface area contributed by atoms with Gasteiger partial charge in [0, 0.05) is 18.4 Å². The van der Waals surface area contributed by atoms with E-state index < -0.39 is 5.97 Å². The molecule has 0 spiro atoms. The molecule has 3 aromatic rings. The van der Waals surface area contributed by atoms with Crippen molar-refractivity contribution >= 4 is 5.97 Å². The molecule has 3 rings (SSSR count). The number of carboxylic acids is 1. The highest BCUT2D eigenvalue weighted by atomic mass is 16.4. The van der Waals surface area contributed by atoms with Gasteiger partial charge in [0.1, 0.15) is 0 Å². The van der Waals surface area contributed by atoms with Crippen LogP contribution in [0.3, 0.4) is 0 Å². The molecule has 7 heteroatoms. The summed E-state index contributed by atoms with van der Waals surface area (Å²) < 4.78 is 3.56. The van der Waals surface area contributed by atoms with Crippen LogP contribution in [0.5, 0.6) is 0 Å². The van der Waals surface area contributed by atoms with Gasteiger partial charge >= 0.3 is 5.97 Å². The number of rotatable bonds is 4. The minimum absolute atomic E-state index is 0.196. The van der Waals surface area contributed by atoms with Crippen molar-refractivity contribution in [2.24, 2.45) is 7.05 Å². The van der Waals surface area contributed by atoms with Crippen molar-refractivity contribution in [1.82, 2.24) is 24.8 Å². The number of aryl methyl sites for hydroxylation is 1. The smallest absolute Gasteiger partial charge is 0.337 e. The third-order valence-electron chi connectivity index (χ3n) is 4.01. The second-order valence-electron chi connectivity index (χ2n) is 5.41. The highest BCUT2D eigenvalue weighted by Gasteiger charge is 2.24. The van der Waals surface area contributed by atoms with Gasteiger partial charge in [-0.2, -0.15) is 0 Å². The first kappa shape index (κ1) is 15.0. The Morgan fingerprint density at radius 2 is 1.96 bits per heavy atom. The van der Waals surface area contributed by atoms with Crippen molar-refractivity contribution in [2.75, 3.05) is 0 Å². The predicted octanol–water partition coefficient (Wildman–Crippen LogP) is 2.29. The summed E-state index contributed by atoms with van der Waals surface area (Å²) in [6.45, 7) is 3.76. The van der Waals surface area contributed by atoms with Crippen LogP contribution in [0.15, 0.2) is 36.4 Å². The van der Waals surface area contributed by atoms with Crippen LogP contribution in [0.25, 0.3) is 11.3 Å². The summed E-state index contributed by atoms with van der Waals surface area (Å²) in [4.78, 5) is 11.5. The molecule has 2 heterocycles. The van der Waals surface area contributed by atoms with E-state index in [1.807, 2.05) is 41.8 Å². The third kappa shape index (κ3) is 2.50. The van der Waals surface area contributed by atoms with E-state index in [1.165, 1.54) is 0 Å². The number of hydrogen-bond donors (Lipinski definition) is 1. The predicted molar refractivity (Wildman–Crippen MR) is 84.2 cm³/mol. The molecular formula is C16H17N5O2. The molecule has 0 aliphatic heterocycles. The minimum Gasteiger partial charge on any atom is -0.478 e. The number of aromatic nitrogens is 5. The molecule has 118 valence electrons. The Hall–Kier alpha value is -2.96. The zero-order chi connectivity index (χ0) is 16.6. The molecule has 0 radical (unpaired) electrons. The monoisotopic (exact) mass is 311 g/mol. The van der Waals surface area contributed by atoms with Gasteiger partial charge in [-0.3, -0.25) is 0 Å². The van der Waals surface area contributed by atoms with Gasteiger partial charge in [0.15, 0.2) is 5.82 Å². The molecule has 1 N–H and O–H groups in total. The molecule has 0 saturated carbocycles. The Kier molecular flexibility index (Phi) is 3.69. The minimum atomic E-state index is -0.943. The summed E-state index contributed by atoms with van der Waals surface area (Å²) in [6.07, 6.45) is 0. The van der Waals surface area contributed by atoms with Crippen molar-refractivity contribution in [3.05, 3.63) is 53.5 Å². The number of carbonyl (C=O) groups is 1. The molecule has 0 amide bonds. The summed E-state index contributed by atoms with van der Waals surface area (Å²) in [5.74, 6) is -0.278. The number of nitrogens with zero attached hydrogens (tertiary/aromatic N) is 5. The van der Waals surface area contributed by atoms with Crippen LogP contribution in [0.1, 0.15) is 34.8 Å². The van der Waals surface area contributed by atoms with Crippen LogP contribution in [-0.2, 0) is 7.05 Å². The van der Waals surface area contributed by atoms with Gasteiger partial charge in [-0.15, -0.1) is 5.10 Å². The summed E-state index contributed by atoms with van der Waals surface area (Å²) in [6, 6.07) is 11.2. The Morgan fingerprint density at radius 3 is 2.52 bits per heavy atom. The fourth-order valence-electron chi connectivity index (χ4n) is 2.87. The largest absolute Gasteiger partial charge is 0.478 e. The molecule has 0 aliphatic carbocycles. The van der Waals surface area contributed by atoms with Crippen molar-refractivity contribution < 1.29 is 9.90 Å². The summed E-state index contributed by atoms with van der Waals surface area (Å²) >= 11 is 0. The van der Waals surface area contributed by atoms with Crippen LogP contribution in [0, 0.1) is 6.92 Å². The topological polar surface area (TPSA) is 85.8 Å². The maximum atomic E-state index is 11.5. The summed E-state index contributed by atoms with van der Waals surface area (Å²) in [5.41, 5.74) is 2.73. The SMILES string of the molecule is Cc1c(C(=O)O)cc(-c2ccccc2)n1C(C)c1nnnn1C. The molecule has 0 saturated heterocycles. The van der Waals surface area contributed by atoms with E-state index >= 15 is 0 Å². The molecule has 1 aromatic carbocycles. The molecular weight excluding hydrogens is 294 g/mol. The first-order chi connectivity index (χ1) is 11.0. The lowest BCUT2D eigenvalue weighted by Crippen LogP contribution is -2.15. The van der Waals surface area contributed by atoms with Crippen molar-refractivity contribution in [3.8, 4) is 11.3 Å². The average molecular weight is 311 g/mol. The number of aromatic carboxylic acids is 1. The zero-order valence-corrected chi connectivity index (χ0v) is 13.1. The zero-order valence-electron chi connectivity index (χ0n) is 13.1. The van der Waals surface area contributed by atoms with Gasteiger partial charge in [-0.05, 0) is 35.9 Å². The lowest BCUT2D eigenvalue weighted by Gasteiger charge is -2.18. The quantitative estimate of drug-likeness (QED) is 0.799. The van der Waals surface area contributed by atoms with Crippen molar-refractivity contribution in [1.29, 1.82) is 0 Å². The molecule has 2 aromatic heterocycles. The van der Waals surface area contributed by atoms with E-state index in [0.29, 0.717) is 11.5 Å². The summed E-state index contributed by atoms with van der Waals surface area (Å²) in [7, 11) is 1.77.